The molecule has 0 rings (SSSR count). The molecular weight excluding hydrogens is 255 g/mol. The van der Waals surface area contributed by atoms with Gasteiger partial charge >= 0.3 is 33.7 Å². The molecule has 0 fully saturated rings. The molecule has 0 aliphatic heterocycles. The molecule has 0 amide bonds. The van der Waals surface area contributed by atoms with Gasteiger partial charge in [0.1, 0.15) is 0 Å². The molecule has 0 aromatic carbocycles. The Morgan fingerprint density at radius 3 is 1.80 bits per heavy atom. The summed E-state index contributed by atoms with van der Waals surface area (Å²) in [7, 11) is 0. The van der Waals surface area contributed by atoms with E-state index in [-0.39, 0.29) is 6.15 Å². The molecule has 0 unspecified atom stereocenters. The Hall–Kier alpha value is 0.0483. The van der Waals surface area contributed by atoms with Crippen molar-refractivity contribution in [1.29, 1.82) is 0 Å². The monoisotopic (exact) mass is 259 g/mol. The Balaban J connectivity index is 0. The molecule has 0 saturated heterocycles. The third-order valence-electron chi connectivity index (χ3n) is 0. The maximum absolute atomic E-state index is 8.79. The standard InChI is InChI=1S/NO2.H3N.Pt/c2-1-3;;/h;1H3;/q;;+1/p+1. The van der Waals surface area contributed by atoms with Crippen LogP contribution in [0.25, 0.3) is 0 Å². The SMILES string of the molecule is O=[N+]([O-])[Pt+].[NH4+]. The molecule has 0 aromatic rings. The van der Waals surface area contributed by atoms with Crippen LogP contribution in [0.1, 0.15) is 0 Å². The van der Waals surface area contributed by atoms with E-state index in [0.717, 1.165) is 20.1 Å². The summed E-state index contributed by atoms with van der Waals surface area (Å²) in [6, 6.07) is 0. The fourth-order valence-corrected chi connectivity index (χ4v) is 0. The largest absolute Gasteiger partial charge is 0.369 e. The maximum atomic E-state index is 8.79. The molecule has 34 valence electrons. The van der Waals surface area contributed by atoms with Crippen molar-refractivity contribution < 1.29 is 23.5 Å². The third kappa shape index (κ3) is 7280. The molecule has 0 bridgehead atoms. The van der Waals surface area contributed by atoms with Crippen LogP contribution >= 0.6 is 0 Å². The first-order chi connectivity index (χ1) is 1.73. The number of hydrogen-bond acceptors (Lipinski definition) is 2. The molecular formula is H4N2O2Pt+2. The molecule has 4 nitrogen and oxygen atoms in total. The molecule has 4 N–H and O–H groups in total. The minimum atomic E-state index is -0.528. The van der Waals surface area contributed by atoms with Gasteiger partial charge in [-0.3, -0.25) is 0 Å². The number of nitrogens with zero attached hydrogens (tertiary/aromatic N) is 1. The third-order valence-corrected chi connectivity index (χ3v) is 0. The minimum Gasteiger partial charge on any atom is -0.369 e. The van der Waals surface area contributed by atoms with Crippen LogP contribution in [0.15, 0.2) is 0 Å². The molecule has 0 saturated carbocycles. The summed E-state index contributed by atoms with van der Waals surface area (Å²) < 4.78 is -0.528. The quantitative estimate of drug-likeness (QED) is 0.494. The van der Waals surface area contributed by atoms with E-state index in [9.17, 15) is 0 Å². The van der Waals surface area contributed by atoms with Gasteiger partial charge in [0, 0.05) is 0 Å². The Kier molecular flexibility index (Phi) is 7.21. The van der Waals surface area contributed by atoms with Crippen molar-refractivity contribution in [2.45, 2.75) is 0 Å². The second kappa shape index (κ2) is 4.05. The van der Waals surface area contributed by atoms with Crippen LogP contribution in [0, 0.1) is 10.1 Å². The summed E-state index contributed by atoms with van der Waals surface area (Å²) >= 11 is 1.05. The van der Waals surface area contributed by atoms with E-state index in [1.165, 1.54) is 0 Å². The van der Waals surface area contributed by atoms with Crippen molar-refractivity contribution in [3.63, 3.8) is 0 Å². The van der Waals surface area contributed by atoms with Crippen LogP contribution in [-0.2, 0) is 20.1 Å². The van der Waals surface area contributed by atoms with E-state index >= 15 is 0 Å². The molecule has 0 aromatic heterocycles. The molecule has 0 heterocycles. The van der Waals surface area contributed by atoms with E-state index < -0.39 is 3.48 Å². The first-order valence-corrected chi connectivity index (χ1v) is 1.52. The Morgan fingerprint density at radius 2 is 1.80 bits per heavy atom. The maximum Gasteiger partial charge on any atom is -0.369 e. The van der Waals surface area contributed by atoms with E-state index in [1.54, 1.807) is 0 Å². The van der Waals surface area contributed by atoms with Gasteiger partial charge in [-0.15, -0.1) is 0 Å². The zero-order valence-corrected chi connectivity index (χ0v) is 4.85. The number of hydrogen-bond donors (Lipinski definition) is 1. The molecule has 0 radical (unpaired) electrons. The van der Waals surface area contributed by atoms with E-state index in [4.69, 9.17) is 10.1 Å². The number of nitro groups is 1. The van der Waals surface area contributed by atoms with Crippen molar-refractivity contribution in [3.8, 4) is 0 Å². The first-order valence-electron chi connectivity index (χ1n) is 0.507. The van der Waals surface area contributed by atoms with E-state index in [1.807, 2.05) is 0 Å². The smallest absolute Gasteiger partial charge is 0.369 e. The Bertz CT molecular complexity index is 30.6. The van der Waals surface area contributed by atoms with Gasteiger partial charge in [0.15, 0.2) is 0 Å². The van der Waals surface area contributed by atoms with Crippen molar-refractivity contribution in [1.82, 2.24) is 6.15 Å². The fourth-order valence-electron chi connectivity index (χ4n) is 0. The zero-order valence-electron chi connectivity index (χ0n) is 2.58. The molecule has 5 heteroatoms. The average molecular weight is 259 g/mol. The molecule has 0 atom stereocenters. The second-order valence-corrected chi connectivity index (χ2v) is 1.02. The van der Waals surface area contributed by atoms with Crippen molar-refractivity contribution in [3.05, 3.63) is 10.1 Å². The van der Waals surface area contributed by atoms with Gasteiger partial charge in [0.25, 0.3) is 0 Å². The summed E-state index contributed by atoms with van der Waals surface area (Å²) in [6.07, 6.45) is 0. The summed E-state index contributed by atoms with van der Waals surface area (Å²) in [6.45, 7) is 0. The van der Waals surface area contributed by atoms with Gasteiger partial charge in [-0.2, -0.15) is 0 Å². The van der Waals surface area contributed by atoms with Gasteiger partial charge in [-0.05, 0) is 0 Å². The van der Waals surface area contributed by atoms with E-state index in [0.29, 0.717) is 0 Å². The van der Waals surface area contributed by atoms with Gasteiger partial charge in [-0.25, -0.2) is 0 Å². The second-order valence-electron chi connectivity index (χ2n) is 0.190. The van der Waals surface area contributed by atoms with Gasteiger partial charge < -0.3 is 6.15 Å². The van der Waals surface area contributed by atoms with Crippen molar-refractivity contribution in [2.24, 2.45) is 0 Å². The summed E-state index contributed by atoms with van der Waals surface area (Å²) in [5.74, 6) is 0. The molecule has 0 spiro atoms. The van der Waals surface area contributed by atoms with Crippen LogP contribution < -0.4 is 6.15 Å². The van der Waals surface area contributed by atoms with Crippen LogP contribution in [0.4, 0.5) is 0 Å². The van der Waals surface area contributed by atoms with Crippen LogP contribution in [-0.4, -0.2) is 3.48 Å². The Labute approximate surface area is 40.5 Å². The van der Waals surface area contributed by atoms with E-state index in [2.05, 4.69) is 0 Å². The average Bonchev–Trinajstić information content (AvgIpc) is 0.811. The molecule has 0 aliphatic carbocycles. The van der Waals surface area contributed by atoms with Gasteiger partial charge in [0.2, 0.25) is 0 Å². The zero-order chi connectivity index (χ0) is 3.58. The normalized spacial score (nSPS) is 5.20. The fraction of sp³-hybridized carbons (Fsp3) is 0. The predicted molar refractivity (Wildman–Crippen MR) is 13.0 cm³/mol. The number of rotatable bonds is 0. The van der Waals surface area contributed by atoms with Gasteiger partial charge in [0.05, 0.1) is 0 Å². The van der Waals surface area contributed by atoms with Crippen molar-refractivity contribution in [2.75, 3.05) is 0 Å². The summed E-state index contributed by atoms with van der Waals surface area (Å²) in [5, 5.41) is 8.79. The van der Waals surface area contributed by atoms with Crippen LogP contribution in [0.5, 0.6) is 0 Å². The summed E-state index contributed by atoms with van der Waals surface area (Å²) in [5.41, 5.74) is 0. The van der Waals surface area contributed by atoms with Crippen LogP contribution in [0.2, 0.25) is 0 Å². The summed E-state index contributed by atoms with van der Waals surface area (Å²) in [4.78, 5) is 8.79. The van der Waals surface area contributed by atoms with Crippen molar-refractivity contribution >= 4 is 0 Å². The predicted octanol–water partition coefficient (Wildman–Crippen LogP) is 0.101. The molecule has 5 heavy (non-hydrogen) atoms. The van der Waals surface area contributed by atoms with Gasteiger partial charge in [-0.1, -0.05) is 0 Å². The minimum absolute atomic E-state index is 0. The Morgan fingerprint density at radius 1 is 1.80 bits per heavy atom. The number of quaternary nitrogens is 1. The first kappa shape index (κ1) is 8.90. The van der Waals surface area contributed by atoms with Crippen LogP contribution in [0.3, 0.4) is 0 Å². The topological polar surface area (TPSA) is 79.6 Å². The molecule has 0 aliphatic rings.